The van der Waals surface area contributed by atoms with Gasteiger partial charge in [-0.1, -0.05) is 11.6 Å². The number of ether oxygens (including phenoxy) is 1. The summed E-state index contributed by atoms with van der Waals surface area (Å²) >= 11 is 5.87. The van der Waals surface area contributed by atoms with Crippen molar-refractivity contribution in [3.8, 4) is 11.3 Å². The fourth-order valence-electron chi connectivity index (χ4n) is 2.81. The van der Waals surface area contributed by atoms with E-state index in [0.29, 0.717) is 42.8 Å². The molecule has 1 atom stereocenters. The van der Waals surface area contributed by atoms with E-state index in [9.17, 15) is 9.59 Å². The van der Waals surface area contributed by atoms with Crippen LogP contribution >= 0.6 is 11.6 Å². The normalized spacial score (nSPS) is 17.3. The molecular weight excluding hydrogens is 360 g/mol. The van der Waals surface area contributed by atoms with Gasteiger partial charge in [0.2, 0.25) is 5.91 Å². The smallest absolute Gasteiger partial charge is 0.306 e. The van der Waals surface area contributed by atoms with Crippen molar-refractivity contribution in [1.82, 2.24) is 9.88 Å². The molecule has 0 unspecified atom stereocenters. The largest absolute Gasteiger partial charge is 0.481 e. The molecule has 1 aliphatic heterocycles. The van der Waals surface area contributed by atoms with E-state index in [1.54, 1.807) is 23.2 Å². The minimum absolute atomic E-state index is 0.0602. The molecule has 26 heavy (non-hydrogen) atoms. The summed E-state index contributed by atoms with van der Waals surface area (Å²) in [5.74, 6) is 0.115. The van der Waals surface area contributed by atoms with Crippen molar-refractivity contribution >= 4 is 23.5 Å². The number of rotatable bonds is 6. The molecule has 7 nitrogen and oxygen atoms in total. The van der Waals surface area contributed by atoms with Crippen LogP contribution in [0.5, 0.6) is 0 Å². The van der Waals surface area contributed by atoms with E-state index in [0.717, 1.165) is 5.56 Å². The highest BCUT2D eigenvalue weighted by Gasteiger charge is 2.25. The number of hydrogen-bond donors (Lipinski definition) is 1. The molecule has 1 amide bonds. The van der Waals surface area contributed by atoms with E-state index in [2.05, 4.69) is 4.98 Å². The zero-order chi connectivity index (χ0) is 18.5. The van der Waals surface area contributed by atoms with Crippen LogP contribution in [-0.2, 0) is 20.7 Å². The second-order valence-corrected chi connectivity index (χ2v) is 6.49. The van der Waals surface area contributed by atoms with Gasteiger partial charge in [0.05, 0.1) is 25.3 Å². The highest BCUT2D eigenvalue weighted by atomic mass is 35.5. The van der Waals surface area contributed by atoms with Gasteiger partial charge >= 0.3 is 5.97 Å². The quantitative estimate of drug-likeness (QED) is 0.830. The second kappa shape index (κ2) is 8.33. The Labute approximate surface area is 155 Å². The molecule has 0 bridgehead atoms. The SMILES string of the molecule is O=C(O)C[C@@H]1CN(C(=O)CCc2ncc(-c3ccc(Cl)cc3)o2)CCO1. The molecule has 1 N–H and O–H groups in total. The third-order valence-electron chi connectivity index (χ3n) is 4.13. The number of carboxylic acids is 1. The predicted molar refractivity (Wildman–Crippen MR) is 93.8 cm³/mol. The molecule has 2 aromatic rings. The number of oxazole rings is 1. The topological polar surface area (TPSA) is 92.9 Å². The average Bonchev–Trinajstić information content (AvgIpc) is 3.09. The number of halogens is 1. The number of carbonyl (C=O) groups is 2. The maximum absolute atomic E-state index is 12.4. The maximum Gasteiger partial charge on any atom is 0.306 e. The summed E-state index contributed by atoms with van der Waals surface area (Å²) in [7, 11) is 0. The van der Waals surface area contributed by atoms with Crippen molar-refractivity contribution in [3.05, 3.63) is 41.4 Å². The molecule has 3 rings (SSSR count). The van der Waals surface area contributed by atoms with Crippen LogP contribution in [0.15, 0.2) is 34.9 Å². The van der Waals surface area contributed by atoms with E-state index in [1.165, 1.54) is 0 Å². The van der Waals surface area contributed by atoms with Gasteiger partial charge in [0.15, 0.2) is 11.7 Å². The number of benzene rings is 1. The van der Waals surface area contributed by atoms with Gasteiger partial charge < -0.3 is 19.2 Å². The summed E-state index contributed by atoms with van der Waals surface area (Å²) in [6, 6.07) is 7.23. The summed E-state index contributed by atoms with van der Waals surface area (Å²) in [5.41, 5.74) is 0.865. The van der Waals surface area contributed by atoms with Crippen molar-refractivity contribution in [2.24, 2.45) is 0 Å². The number of amides is 1. The van der Waals surface area contributed by atoms with Gasteiger partial charge in [-0.2, -0.15) is 0 Å². The van der Waals surface area contributed by atoms with E-state index in [1.807, 2.05) is 12.1 Å². The molecule has 0 spiro atoms. The first-order valence-electron chi connectivity index (χ1n) is 8.33. The van der Waals surface area contributed by atoms with Crippen LogP contribution in [0.1, 0.15) is 18.7 Å². The lowest BCUT2D eigenvalue weighted by atomic mass is 10.2. The van der Waals surface area contributed by atoms with Crippen molar-refractivity contribution in [2.75, 3.05) is 19.7 Å². The molecule has 8 heteroatoms. The number of nitrogens with zero attached hydrogens (tertiary/aromatic N) is 2. The van der Waals surface area contributed by atoms with Gasteiger partial charge in [-0.05, 0) is 24.3 Å². The highest BCUT2D eigenvalue weighted by molar-refractivity contribution is 6.30. The molecule has 1 aromatic heterocycles. The van der Waals surface area contributed by atoms with Crippen LogP contribution in [0.2, 0.25) is 5.02 Å². The van der Waals surface area contributed by atoms with Crippen molar-refractivity contribution in [3.63, 3.8) is 0 Å². The van der Waals surface area contributed by atoms with Crippen LogP contribution < -0.4 is 0 Å². The average molecular weight is 379 g/mol. The zero-order valence-electron chi connectivity index (χ0n) is 14.1. The molecule has 1 aromatic carbocycles. The first-order chi connectivity index (χ1) is 12.5. The summed E-state index contributed by atoms with van der Waals surface area (Å²) in [4.78, 5) is 29.0. The van der Waals surface area contributed by atoms with E-state index >= 15 is 0 Å². The van der Waals surface area contributed by atoms with Crippen molar-refractivity contribution in [1.29, 1.82) is 0 Å². The Balaban J connectivity index is 1.53. The van der Waals surface area contributed by atoms with Gasteiger partial charge in [-0.25, -0.2) is 4.98 Å². The van der Waals surface area contributed by atoms with E-state index in [-0.39, 0.29) is 18.7 Å². The van der Waals surface area contributed by atoms with E-state index in [4.69, 9.17) is 25.9 Å². The summed E-state index contributed by atoms with van der Waals surface area (Å²) in [6.07, 6.45) is 1.70. The van der Waals surface area contributed by atoms with Crippen molar-refractivity contribution < 1.29 is 23.8 Å². The Morgan fingerprint density at radius 2 is 2.08 bits per heavy atom. The molecule has 2 heterocycles. The van der Waals surface area contributed by atoms with Gasteiger partial charge in [0.1, 0.15) is 0 Å². The van der Waals surface area contributed by atoms with Gasteiger partial charge in [0.25, 0.3) is 0 Å². The van der Waals surface area contributed by atoms with Crippen molar-refractivity contribution in [2.45, 2.75) is 25.4 Å². The number of carbonyl (C=O) groups excluding carboxylic acids is 1. The Kier molecular flexibility index (Phi) is 5.90. The fraction of sp³-hybridized carbons (Fsp3) is 0.389. The minimum Gasteiger partial charge on any atom is -0.481 e. The van der Waals surface area contributed by atoms with Crippen LogP contribution in [0.4, 0.5) is 0 Å². The number of carboxylic acid groups (broad SMARTS) is 1. The lowest BCUT2D eigenvalue weighted by Crippen LogP contribution is -2.46. The third-order valence-corrected chi connectivity index (χ3v) is 4.38. The Morgan fingerprint density at radius 3 is 2.81 bits per heavy atom. The van der Waals surface area contributed by atoms with Gasteiger partial charge in [-0.3, -0.25) is 9.59 Å². The molecule has 138 valence electrons. The highest BCUT2D eigenvalue weighted by Crippen LogP contribution is 2.23. The van der Waals surface area contributed by atoms with E-state index < -0.39 is 12.1 Å². The second-order valence-electron chi connectivity index (χ2n) is 6.06. The zero-order valence-corrected chi connectivity index (χ0v) is 14.8. The van der Waals surface area contributed by atoms with Crippen LogP contribution in [0, 0.1) is 0 Å². The minimum atomic E-state index is -0.932. The van der Waals surface area contributed by atoms with Gasteiger partial charge in [-0.15, -0.1) is 0 Å². The molecule has 1 saturated heterocycles. The monoisotopic (exact) mass is 378 g/mol. The molecule has 0 radical (unpaired) electrons. The number of aromatic nitrogens is 1. The maximum atomic E-state index is 12.4. The summed E-state index contributed by atoms with van der Waals surface area (Å²) < 4.78 is 11.1. The van der Waals surface area contributed by atoms with Gasteiger partial charge in [0, 0.05) is 36.5 Å². The number of hydrogen-bond acceptors (Lipinski definition) is 5. The van der Waals surface area contributed by atoms with Crippen LogP contribution in [0.3, 0.4) is 0 Å². The number of aliphatic carboxylic acids is 1. The number of aryl methyl sites for hydroxylation is 1. The summed E-state index contributed by atoms with van der Waals surface area (Å²) in [5, 5.41) is 9.49. The molecule has 0 aliphatic carbocycles. The molecular formula is C18H19ClN2O5. The fourth-order valence-corrected chi connectivity index (χ4v) is 2.94. The standard InChI is InChI=1S/C18H19ClN2O5/c19-13-3-1-12(2-4-13)15-10-20-16(26-15)5-6-17(22)21-7-8-25-14(11-21)9-18(23)24/h1-4,10,14H,5-9,11H2,(H,23,24)/t14-/m1/s1. The Bertz CT molecular complexity index is 774. The molecule has 1 fully saturated rings. The van der Waals surface area contributed by atoms with Crippen LogP contribution in [-0.4, -0.2) is 52.7 Å². The first kappa shape index (κ1) is 18.4. The first-order valence-corrected chi connectivity index (χ1v) is 8.71. The third kappa shape index (κ3) is 4.83. The summed E-state index contributed by atoms with van der Waals surface area (Å²) in [6.45, 7) is 1.12. The molecule has 0 saturated carbocycles. The Morgan fingerprint density at radius 1 is 1.31 bits per heavy atom. The predicted octanol–water partition coefficient (Wildman–Crippen LogP) is 2.63. The van der Waals surface area contributed by atoms with Crippen LogP contribution in [0.25, 0.3) is 11.3 Å². The molecule has 1 aliphatic rings. The lowest BCUT2D eigenvalue weighted by Gasteiger charge is -2.32. The lowest BCUT2D eigenvalue weighted by molar-refractivity contribution is -0.147. The number of morpholine rings is 1. The Hall–Kier alpha value is -2.38.